The molecule has 0 atom stereocenters. The zero-order valence-corrected chi connectivity index (χ0v) is 12.4. The van der Waals surface area contributed by atoms with Crippen LogP contribution in [0.25, 0.3) is 0 Å². The molecule has 1 rings (SSSR count). The zero-order chi connectivity index (χ0) is 13.1. The number of hydrogen-bond donors (Lipinski definition) is 0. The van der Waals surface area contributed by atoms with Crippen LogP contribution in [-0.4, -0.2) is 7.15 Å². The molecule has 0 aromatic rings. The van der Waals surface area contributed by atoms with Crippen LogP contribution in [0.1, 0.15) is 90.4 Å². The van der Waals surface area contributed by atoms with Gasteiger partial charge in [0.15, 0.2) is 0 Å². The Kier molecular flexibility index (Phi) is 8.62. The first-order valence-corrected chi connectivity index (χ1v) is 8.20. The predicted octanol–water partition coefficient (Wildman–Crippen LogP) is 5.55. The molecular weight excluding hydrogens is 219 g/mol. The molecule has 104 valence electrons. The summed E-state index contributed by atoms with van der Waals surface area (Å²) in [6.07, 6.45) is 18.6. The molecule has 1 fully saturated rings. The first-order chi connectivity index (χ1) is 8.77. The molecule has 0 unspecified atom stereocenters. The monoisotopic (exact) mass is 250 g/mol. The van der Waals surface area contributed by atoms with E-state index in [9.17, 15) is 4.70 Å². The molecular formula is C16H31BO. The van der Waals surface area contributed by atoms with E-state index in [-0.39, 0.29) is 0 Å². The van der Waals surface area contributed by atoms with Crippen molar-refractivity contribution in [1.82, 2.24) is 0 Å². The fourth-order valence-electron chi connectivity index (χ4n) is 3.22. The summed E-state index contributed by atoms with van der Waals surface area (Å²) in [6.45, 7) is 2.33. The Morgan fingerprint density at radius 2 is 1.06 bits per heavy atom. The summed E-state index contributed by atoms with van der Waals surface area (Å²) in [4.78, 5) is 0. The van der Waals surface area contributed by atoms with Crippen molar-refractivity contribution < 1.29 is 4.70 Å². The van der Waals surface area contributed by atoms with E-state index in [1.54, 1.807) is 0 Å². The summed E-state index contributed by atoms with van der Waals surface area (Å²) in [5.41, 5.74) is 0.297. The molecule has 0 heterocycles. The molecule has 18 heavy (non-hydrogen) atoms. The Labute approximate surface area is 114 Å². The van der Waals surface area contributed by atoms with E-state index in [0.29, 0.717) is 5.41 Å². The predicted molar refractivity (Wildman–Crippen MR) is 79.4 cm³/mol. The first-order valence-electron chi connectivity index (χ1n) is 8.20. The standard InChI is InChI=1S/C16H31BO/c1-16(15-17-18)13-11-9-7-5-3-2-4-6-8-10-12-14-16/h2-15H2,1H3. The summed E-state index contributed by atoms with van der Waals surface area (Å²) in [7, 11) is 1.14. The second-order valence-electron chi connectivity index (χ2n) is 6.57. The van der Waals surface area contributed by atoms with Crippen LogP contribution in [0.3, 0.4) is 0 Å². The molecule has 0 radical (unpaired) electrons. The van der Waals surface area contributed by atoms with E-state index >= 15 is 0 Å². The Morgan fingerprint density at radius 3 is 1.39 bits per heavy atom. The van der Waals surface area contributed by atoms with Crippen LogP contribution < -0.4 is 0 Å². The zero-order valence-electron chi connectivity index (χ0n) is 12.4. The van der Waals surface area contributed by atoms with Gasteiger partial charge in [0.25, 0.3) is 0 Å². The second-order valence-corrected chi connectivity index (χ2v) is 6.57. The Morgan fingerprint density at radius 1 is 0.722 bits per heavy atom. The van der Waals surface area contributed by atoms with Crippen molar-refractivity contribution in [2.45, 2.75) is 96.7 Å². The van der Waals surface area contributed by atoms with E-state index in [2.05, 4.69) is 6.92 Å². The molecule has 1 aliphatic carbocycles. The normalized spacial score (nSPS) is 23.8. The molecule has 0 aromatic carbocycles. The van der Waals surface area contributed by atoms with Crippen LogP contribution in [0.2, 0.25) is 6.32 Å². The average Bonchev–Trinajstić information content (AvgIpc) is 2.35. The van der Waals surface area contributed by atoms with Gasteiger partial charge in [0.2, 0.25) is 0 Å². The van der Waals surface area contributed by atoms with Gasteiger partial charge in [-0.25, -0.2) is 0 Å². The Bertz CT molecular complexity index is 201. The molecule has 0 amide bonds. The molecule has 1 saturated carbocycles. The van der Waals surface area contributed by atoms with Gasteiger partial charge in [0.05, 0.1) is 0 Å². The maximum atomic E-state index is 10.9. The van der Waals surface area contributed by atoms with Gasteiger partial charge < -0.3 is 0 Å². The minimum absolute atomic E-state index is 0.297. The maximum absolute atomic E-state index is 10.9. The topological polar surface area (TPSA) is 17.1 Å². The van der Waals surface area contributed by atoms with Crippen LogP contribution in [-0.2, 0) is 4.70 Å². The summed E-state index contributed by atoms with van der Waals surface area (Å²) >= 11 is 0. The van der Waals surface area contributed by atoms with Crippen LogP contribution in [0.15, 0.2) is 0 Å². The third-order valence-electron chi connectivity index (χ3n) is 4.64. The van der Waals surface area contributed by atoms with Crippen LogP contribution in [0, 0.1) is 5.41 Å². The van der Waals surface area contributed by atoms with Crippen molar-refractivity contribution >= 4 is 7.15 Å². The van der Waals surface area contributed by atoms with Gasteiger partial charge >= 0.3 is 114 Å². The van der Waals surface area contributed by atoms with Gasteiger partial charge in [-0.05, 0) is 0 Å². The summed E-state index contributed by atoms with van der Waals surface area (Å²) in [5, 5.41) is 0. The molecule has 0 saturated heterocycles. The fraction of sp³-hybridized carbons (Fsp3) is 1.00. The molecule has 0 bridgehead atoms. The van der Waals surface area contributed by atoms with Crippen molar-refractivity contribution in [3.63, 3.8) is 0 Å². The van der Waals surface area contributed by atoms with Gasteiger partial charge in [-0.3, -0.25) is 0 Å². The van der Waals surface area contributed by atoms with Gasteiger partial charge in [-0.15, -0.1) is 0 Å². The fourth-order valence-corrected chi connectivity index (χ4v) is 3.22. The van der Waals surface area contributed by atoms with Gasteiger partial charge in [-0.2, -0.15) is 0 Å². The molecule has 0 aromatic heterocycles. The van der Waals surface area contributed by atoms with Crippen molar-refractivity contribution in [2.75, 3.05) is 0 Å². The minimum atomic E-state index is 0.297. The van der Waals surface area contributed by atoms with Crippen molar-refractivity contribution in [3.8, 4) is 0 Å². The molecule has 1 aliphatic rings. The van der Waals surface area contributed by atoms with Crippen LogP contribution in [0.4, 0.5) is 0 Å². The third-order valence-corrected chi connectivity index (χ3v) is 4.64. The molecule has 0 aliphatic heterocycles. The Hall–Kier alpha value is -0.135. The first kappa shape index (κ1) is 15.9. The summed E-state index contributed by atoms with van der Waals surface area (Å²) in [6, 6.07) is 0. The third kappa shape index (κ3) is 7.33. The van der Waals surface area contributed by atoms with Crippen molar-refractivity contribution in [1.29, 1.82) is 0 Å². The van der Waals surface area contributed by atoms with Crippen molar-refractivity contribution in [2.24, 2.45) is 5.41 Å². The molecule has 1 nitrogen and oxygen atoms in total. The van der Waals surface area contributed by atoms with Gasteiger partial charge in [-0.1, -0.05) is 0 Å². The molecule has 0 N–H and O–H groups in total. The van der Waals surface area contributed by atoms with E-state index in [1.807, 2.05) is 0 Å². The van der Waals surface area contributed by atoms with Gasteiger partial charge in [0.1, 0.15) is 0 Å². The van der Waals surface area contributed by atoms with Gasteiger partial charge in [0, 0.05) is 0 Å². The second kappa shape index (κ2) is 9.75. The van der Waals surface area contributed by atoms with E-state index < -0.39 is 0 Å². The Balaban J connectivity index is 2.35. The quantitative estimate of drug-likeness (QED) is 0.587. The van der Waals surface area contributed by atoms with Crippen LogP contribution >= 0.6 is 0 Å². The number of hydrogen-bond acceptors (Lipinski definition) is 1. The van der Waals surface area contributed by atoms with E-state index in [0.717, 1.165) is 13.5 Å². The summed E-state index contributed by atoms with van der Waals surface area (Å²) in [5.74, 6) is 0. The van der Waals surface area contributed by atoms with Crippen LogP contribution in [0.5, 0.6) is 0 Å². The van der Waals surface area contributed by atoms with E-state index in [1.165, 1.54) is 83.5 Å². The summed E-state index contributed by atoms with van der Waals surface area (Å²) < 4.78 is 10.9. The molecule has 0 spiro atoms. The SMILES string of the molecule is CC1(CB=O)CCCCCCCCCCCCC1. The van der Waals surface area contributed by atoms with Crippen molar-refractivity contribution in [3.05, 3.63) is 0 Å². The molecule has 2 heteroatoms. The van der Waals surface area contributed by atoms with E-state index in [4.69, 9.17) is 0 Å². The average molecular weight is 250 g/mol. The number of rotatable bonds is 2.